The van der Waals surface area contributed by atoms with E-state index in [0.29, 0.717) is 5.56 Å². The lowest BCUT2D eigenvalue weighted by Gasteiger charge is -2.10. The smallest absolute Gasteiger partial charge is 0.261 e. The second kappa shape index (κ2) is 7.49. The summed E-state index contributed by atoms with van der Waals surface area (Å²) < 4.78 is 54.3. The first-order valence-electron chi connectivity index (χ1n) is 5.61. The largest absolute Gasteiger partial charge is 0.374 e. The molecule has 0 aliphatic rings. The van der Waals surface area contributed by atoms with Crippen molar-refractivity contribution in [3.05, 3.63) is 29.8 Å². The number of rotatable bonds is 8. The first kappa shape index (κ1) is 16.0. The summed E-state index contributed by atoms with van der Waals surface area (Å²) in [5.41, 5.74) is 5.95. The topological polar surface area (TPSA) is 81.4 Å². The van der Waals surface area contributed by atoms with Gasteiger partial charge in [-0.2, -0.15) is 0 Å². The van der Waals surface area contributed by atoms with E-state index in [1.807, 2.05) is 0 Å². The van der Waals surface area contributed by atoms with Crippen LogP contribution >= 0.6 is 0 Å². The molecule has 1 aromatic carbocycles. The highest BCUT2D eigenvalue weighted by Crippen LogP contribution is 2.14. The molecule has 0 aliphatic heterocycles. The Hall–Kier alpha value is -1.09. The molecule has 108 valence electrons. The molecule has 0 saturated carbocycles. The van der Waals surface area contributed by atoms with Crippen molar-refractivity contribution in [1.82, 2.24) is 4.72 Å². The minimum absolute atomic E-state index is 0.0754. The summed E-state index contributed by atoms with van der Waals surface area (Å²) in [7, 11) is -3.70. The van der Waals surface area contributed by atoms with Gasteiger partial charge in [-0.05, 0) is 11.6 Å². The van der Waals surface area contributed by atoms with Gasteiger partial charge in [-0.3, -0.25) is 0 Å². The number of sulfonamides is 1. The van der Waals surface area contributed by atoms with E-state index in [-0.39, 0.29) is 24.6 Å². The Morgan fingerprint density at radius 3 is 2.63 bits per heavy atom. The summed E-state index contributed by atoms with van der Waals surface area (Å²) in [6.07, 6.45) is -2.56. The monoisotopic (exact) mass is 294 g/mol. The maximum atomic E-state index is 11.9. The van der Waals surface area contributed by atoms with E-state index < -0.39 is 23.1 Å². The van der Waals surface area contributed by atoms with Gasteiger partial charge in [0.1, 0.15) is 6.61 Å². The third-order valence-corrected chi connectivity index (χ3v) is 3.83. The summed E-state index contributed by atoms with van der Waals surface area (Å²) >= 11 is 0. The van der Waals surface area contributed by atoms with E-state index in [0.717, 1.165) is 0 Å². The second-order valence-corrected chi connectivity index (χ2v) is 5.41. The zero-order chi connectivity index (χ0) is 14.3. The lowest BCUT2D eigenvalue weighted by atomic mass is 10.2. The molecule has 19 heavy (non-hydrogen) atoms. The molecule has 0 heterocycles. The molecular formula is C11H16F2N2O3S. The molecule has 0 spiro atoms. The quantitative estimate of drug-likeness (QED) is 0.692. The van der Waals surface area contributed by atoms with Crippen LogP contribution in [-0.2, 0) is 21.3 Å². The molecule has 0 atom stereocenters. The average molecular weight is 294 g/mol. The summed E-state index contributed by atoms with van der Waals surface area (Å²) in [5, 5.41) is 0. The molecule has 5 nitrogen and oxygen atoms in total. The van der Waals surface area contributed by atoms with Crippen LogP contribution in [0.4, 0.5) is 8.78 Å². The molecular weight excluding hydrogens is 278 g/mol. The maximum Gasteiger partial charge on any atom is 0.261 e. The minimum Gasteiger partial charge on any atom is -0.374 e. The Balaban J connectivity index is 2.56. The molecule has 8 heteroatoms. The zero-order valence-electron chi connectivity index (χ0n) is 10.2. The number of nitrogens with two attached hydrogens (primary N) is 1. The fraction of sp³-hybridized carbons (Fsp3) is 0.455. The minimum atomic E-state index is -3.70. The highest BCUT2D eigenvalue weighted by molar-refractivity contribution is 7.89. The van der Waals surface area contributed by atoms with Crippen molar-refractivity contribution in [3.63, 3.8) is 0 Å². The first-order chi connectivity index (χ1) is 8.97. The van der Waals surface area contributed by atoms with Gasteiger partial charge in [0.05, 0.1) is 11.5 Å². The molecule has 0 radical (unpaired) electrons. The molecule has 0 amide bonds. The number of hydrogen-bond acceptors (Lipinski definition) is 4. The molecule has 0 fully saturated rings. The predicted octanol–water partition coefficient (Wildman–Crippen LogP) is 0.705. The van der Waals surface area contributed by atoms with Gasteiger partial charge in [-0.25, -0.2) is 21.9 Å². The Kier molecular flexibility index (Phi) is 6.29. The van der Waals surface area contributed by atoms with Gasteiger partial charge in [0.25, 0.3) is 6.43 Å². The summed E-state index contributed by atoms with van der Waals surface area (Å²) in [6, 6.07) is 6.32. The normalized spacial score (nSPS) is 12.0. The molecule has 0 aromatic heterocycles. The number of hydrogen-bond donors (Lipinski definition) is 2. The van der Waals surface area contributed by atoms with E-state index in [2.05, 4.69) is 9.46 Å². The van der Waals surface area contributed by atoms with Crippen LogP contribution in [0.15, 0.2) is 29.2 Å². The Bertz CT molecular complexity index is 494. The number of benzene rings is 1. The van der Waals surface area contributed by atoms with Gasteiger partial charge in [0.15, 0.2) is 0 Å². The van der Waals surface area contributed by atoms with Crippen LogP contribution < -0.4 is 10.5 Å². The van der Waals surface area contributed by atoms with Gasteiger partial charge in [-0.1, -0.05) is 18.2 Å². The molecule has 0 unspecified atom stereocenters. The molecule has 0 aliphatic carbocycles. The first-order valence-corrected chi connectivity index (χ1v) is 7.09. The molecule has 3 N–H and O–H groups in total. The van der Waals surface area contributed by atoms with Crippen LogP contribution in [0.3, 0.4) is 0 Å². The molecule has 0 saturated heterocycles. The fourth-order valence-corrected chi connectivity index (χ4v) is 2.69. The summed E-state index contributed by atoms with van der Waals surface area (Å²) in [5.74, 6) is 0. The average Bonchev–Trinajstić information content (AvgIpc) is 2.37. The number of nitrogens with one attached hydrogen (secondary N) is 1. The highest BCUT2D eigenvalue weighted by Gasteiger charge is 2.16. The summed E-state index contributed by atoms with van der Waals surface area (Å²) in [6.45, 7) is -0.803. The summed E-state index contributed by atoms with van der Waals surface area (Å²) in [4.78, 5) is 0.0892. The van der Waals surface area contributed by atoms with E-state index >= 15 is 0 Å². The van der Waals surface area contributed by atoms with Crippen molar-refractivity contribution >= 4 is 10.0 Å². The van der Waals surface area contributed by atoms with Crippen LogP contribution in [0.2, 0.25) is 0 Å². The van der Waals surface area contributed by atoms with Crippen LogP contribution in [0, 0.1) is 0 Å². The van der Waals surface area contributed by atoms with E-state index in [1.54, 1.807) is 18.2 Å². The SMILES string of the molecule is NCc1ccccc1S(=O)(=O)NCCOCC(F)F. The number of alkyl halides is 2. The van der Waals surface area contributed by atoms with E-state index in [9.17, 15) is 17.2 Å². The zero-order valence-corrected chi connectivity index (χ0v) is 11.0. The van der Waals surface area contributed by atoms with Gasteiger partial charge in [0.2, 0.25) is 10.0 Å². The van der Waals surface area contributed by atoms with Crippen molar-refractivity contribution in [2.75, 3.05) is 19.8 Å². The Morgan fingerprint density at radius 1 is 1.32 bits per heavy atom. The van der Waals surface area contributed by atoms with Crippen LogP contribution in [0.25, 0.3) is 0 Å². The van der Waals surface area contributed by atoms with Crippen molar-refractivity contribution in [3.8, 4) is 0 Å². The van der Waals surface area contributed by atoms with Gasteiger partial charge in [0, 0.05) is 13.1 Å². The number of halogens is 2. The van der Waals surface area contributed by atoms with Crippen molar-refractivity contribution < 1.29 is 21.9 Å². The third kappa shape index (κ3) is 5.19. The molecule has 0 bridgehead atoms. The predicted molar refractivity (Wildman–Crippen MR) is 66.3 cm³/mol. The highest BCUT2D eigenvalue weighted by atomic mass is 32.2. The standard InChI is InChI=1S/C11H16F2N2O3S/c12-11(13)8-18-6-5-15-19(16,17)10-4-2-1-3-9(10)7-14/h1-4,11,15H,5-8,14H2. The third-order valence-electron chi connectivity index (χ3n) is 2.26. The molecule has 1 rings (SSSR count). The Labute approximate surface area is 110 Å². The van der Waals surface area contributed by atoms with Gasteiger partial charge < -0.3 is 10.5 Å². The number of ether oxygens (including phenoxy) is 1. The second-order valence-electron chi connectivity index (χ2n) is 3.68. The van der Waals surface area contributed by atoms with Crippen molar-refractivity contribution in [2.24, 2.45) is 5.73 Å². The van der Waals surface area contributed by atoms with Crippen molar-refractivity contribution in [1.29, 1.82) is 0 Å². The Morgan fingerprint density at radius 2 is 2.00 bits per heavy atom. The van der Waals surface area contributed by atoms with E-state index in [1.165, 1.54) is 6.07 Å². The van der Waals surface area contributed by atoms with Gasteiger partial charge in [-0.15, -0.1) is 0 Å². The lowest BCUT2D eigenvalue weighted by molar-refractivity contribution is 0.0199. The maximum absolute atomic E-state index is 11.9. The van der Waals surface area contributed by atoms with Crippen LogP contribution in [0.1, 0.15) is 5.56 Å². The molecule has 1 aromatic rings. The van der Waals surface area contributed by atoms with Crippen LogP contribution in [0.5, 0.6) is 0 Å². The van der Waals surface area contributed by atoms with Crippen LogP contribution in [-0.4, -0.2) is 34.6 Å². The van der Waals surface area contributed by atoms with E-state index in [4.69, 9.17) is 5.73 Å². The van der Waals surface area contributed by atoms with Crippen molar-refractivity contribution in [2.45, 2.75) is 17.9 Å². The lowest BCUT2D eigenvalue weighted by Crippen LogP contribution is -2.29. The fourth-order valence-electron chi connectivity index (χ4n) is 1.43. The van der Waals surface area contributed by atoms with Gasteiger partial charge >= 0.3 is 0 Å².